The van der Waals surface area contributed by atoms with Crippen LogP contribution in [0.25, 0.3) is 0 Å². The predicted molar refractivity (Wildman–Crippen MR) is 93.4 cm³/mol. The Kier molecular flexibility index (Phi) is 3.79. The van der Waals surface area contributed by atoms with Crippen molar-refractivity contribution in [3.63, 3.8) is 0 Å². The first-order chi connectivity index (χ1) is 12.5. The summed E-state index contributed by atoms with van der Waals surface area (Å²) in [5.41, 5.74) is 0.847. The van der Waals surface area contributed by atoms with Crippen LogP contribution in [-0.2, 0) is 10.2 Å². The number of methoxy groups -OCH3 is 1. The molecule has 134 valence electrons. The number of piperidine rings is 1. The maximum Gasteiger partial charge on any atom is 0.289 e. The maximum atomic E-state index is 12.6. The summed E-state index contributed by atoms with van der Waals surface area (Å²) >= 11 is 0. The van der Waals surface area contributed by atoms with Gasteiger partial charge in [0.2, 0.25) is 17.1 Å². The zero-order valence-corrected chi connectivity index (χ0v) is 14.3. The Balaban J connectivity index is 1.54. The van der Waals surface area contributed by atoms with Crippen molar-refractivity contribution in [1.29, 1.82) is 0 Å². The van der Waals surface area contributed by atoms with Crippen molar-refractivity contribution in [2.24, 2.45) is 0 Å². The van der Waals surface area contributed by atoms with Gasteiger partial charge in [-0.1, -0.05) is 18.2 Å². The maximum absolute atomic E-state index is 12.6. The number of hydrogen-bond acceptors (Lipinski definition) is 5. The first-order valence-electron chi connectivity index (χ1n) is 8.42. The molecular formula is C19H18N2O5. The van der Waals surface area contributed by atoms with Crippen LogP contribution in [0.3, 0.4) is 0 Å². The van der Waals surface area contributed by atoms with Gasteiger partial charge in [-0.3, -0.25) is 14.4 Å². The number of ether oxygens (including phenoxy) is 1. The monoisotopic (exact) mass is 354 g/mol. The number of likely N-dealkylation sites (tertiary alicyclic amines) is 1. The van der Waals surface area contributed by atoms with Crippen molar-refractivity contribution in [3.8, 4) is 5.75 Å². The first kappa shape index (κ1) is 16.4. The Morgan fingerprint density at radius 2 is 1.96 bits per heavy atom. The summed E-state index contributed by atoms with van der Waals surface area (Å²) in [5, 5.41) is 2.94. The molecule has 0 unspecified atom stereocenters. The predicted octanol–water partition coefficient (Wildman–Crippen LogP) is 1.77. The third-order valence-electron chi connectivity index (χ3n) is 5.26. The van der Waals surface area contributed by atoms with Gasteiger partial charge in [0.15, 0.2) is 5.76 Å². The Bertz CT molecular complexity index is 941. The molecule has 0 bridgehead atoms. The van der Waals surface area contributed by atoms with Gasteiger partial charge in [-0.15, -0.1) is 0 Å². The van der Waals surface area contributed by atoms with Crippen molar-refractivity contribution < 1.29 is 18.7 Å². The highest BCUT2D eigenvalue weighted by atomic mass is 16.5. The Morgan fingerprint density at radius 1 is 1.23 bits per heavy atom. The molecule has 0 radical (unpaired) electrons. The van der Waals surface area contributed by atoms with Gasteiger partial charge in [-0.25, -0.2) is 0 Å². The Labute approximate surface area is 149 Å². The molecule has 4 rings (SSSR count). The summed E-state index contributed by atoms with van der Waals surface area (Å²) in [6, 6.07) is 8.81. The second kappa shape index (κ2) is 6.01. The first-order valence-corrected chi connectivity index (χ1v) is 8.42. The normalized spacial score (nSPS) is 17.7. The second-order valence-electron chi connectivity index (χ2n) is 6.55. The molecule has 2 aliphatic heterocycles. The SMILES string of the molecule is COc1coc(C(=O)N2CCC3(CC2)C(=O)Nc2ccccc23)cc1=O. The van der Waals surface area contributed by atoms with E-state index in [2.05, 4.69) is 5.32 Å². The molecule has 0 aliphatic carbocycles. The Hall–Kier alpha value is -3.09. The summed E-state index contributed by atoms with van der Waals surface area (Å²) in [5.74, 6) is -0.338. The molecule has 7 heteroatoms. The Morgan fingerprint density at radius 3 is 2.65 bits per heavy atom. The van der Waals surface area contributed by atoms with Crippen LogP contribution in [0.15, 0.2) is 45.8 Å². The molecule has 7 nitrogen and oxygen atoms in total. The van der Waals surface area contributed by atoms with Crippen LogP contribution in [0.2, 0.25) is 0 Å². The summed E-state index contributed by atoms with van der Waals surface area (Å²) < 4.78 is 10.1. The lowest BCUT2D eigenvalue weighted by atomic mass is 9.73. The molecule has 1 fully saturated rings. The minimum Gasteiger partial charge on any atom is -0.490 e. The third kappa shape index (κ3) is 2.39. The van der Waals surface area contributed by atoms with E-state index in [4.69, 9.17) is 9.15 Å². The van der Waals surface area contributed by atoms with Crippen LogP contribution in [0, 0.1) is 0 Å². The van der Waals surface area contributed by atoms with Gasteiger partial charge in [0.05, 0.1) is 12.5 Å². The van der Waals surface area contributed by atoms with E-state index in [1.807, 2.05) is 24.3 Å². The molecule has 0 atom stereocenters. The average molecular weight is 354 g/mol. The van der Waals surface area contributed by atoms with Crippen molar-refractivity contribution in [3.05, 3.63) is 58.1 Å². The van der Waals surface area contributed by atoms with Gasteiger partial charge in [0.1, 0.15) is 6.26 Å². The fourth-order valence-electron chi connectivity index (χ4n) is 3.78. The van der Waals surface area contributed by atoms with E-state index in [-0.39, 0.29) is 23.3 Å². The van der Waals surface area contributed by atoms with E-state index in [0.717, 1.165) is 23.6 Å². The lowest BCUT2D eigenvalue weighted by Gasteiger charge is -2.37. The van der Waals surface area contributed by atoms with E-state index < -0.39 is 10.8 Å². The van der Waals surface area contributed by atoms with Gasteiger partial charge >= 0.3 is 0 Å². The van der Waals surface area contributed by atoms with Crippen LogP contribution in [0.1, 0.15) is 29.0 Å². The number of carbonyl (C=O) groups is 2. The molecule has 1 aromatic carbocycles. The van der Waals surface area contributed by atoms with E-state index in [1.165, 1.54) is 7.11 Å². The second-order valence-corrected chi connectivity index (χ2v) is 6.55. The minimum absolute atomic E-state index is 0.0122. The van der Waals surface area contributed by atoms with E-state index in [0.29, 0.717) is 25.9 Å². The van der Waals surface area contributed by atoms with Crippen molar-refractivity contribution in [2.45, 2.75) is 18.3 Å². The summed E-state index contributed by atoms with van der Waals surface area (Å²) in [7, 11) is 1.36. The standard InChI is InChI=1S/C19H18N2O5/c1-25-16-11-26-15(10-14(16)22)17(23)21-8-6-19(7-9-21)12-4-2-3-5-13(12)20-18(19)24/h2-5,10-11H,6-9H2,1H3,(H,20,24). The van der Waals surface area contributed by atoms with Crippen LogP contribution in [0.4, 0.5) is 5.69 Å². The highest BCUT2D eigenvalue weighted by molar-refractivity contribution is 6.06. The zero-order chi connectivity index (χ0) is 18.3. The summed E-state index contributed by atoms with van der Waals surface area (Å²) in [4.78, 5) is 38.7. The van der Waals surface area contributed by atoms with Gasteiger partial charge in [0, 0.05) is 24.8 Å². The van der Waals surface area contributed by atoms with E-state index >= 15 is 0 Å². The van der Waals surface area contributed by atoms with Crippen LogP contribution < -0.4 is 15.5 Å². The molecule has 1 spiro atoms. The van der Waals surface area contributed by atoms with Crippen molar-refractivity contribution >= 4 is 17.5 Å². The number of carbonyl (C=O) groups excluding carboxylic acids is 2. The average Bonchev–Trinajstić information content (AvgIpc) is 2.93. The number of para-hydroxylation sites is 1. The van der Waals surface area contributed by atoms with Crippen LogP contribution >= 0.6 is 0 Å². The fourth-order valence-corrected chi connectivity index (χ4v) is 3.78. The number of hydrogen-bond donors (Lipinski definition) is 1. The number of anilines is 1. The largest absolute Gasteiger partial charge is 0.490 e. The number of fused-ring (bicyclic) bond motifs is 2. The number of amides is 2. The smallest absolute Gasteiger partial charge is 0.289 e. The number of rotatable bonds is 2. The topological polar surface area (TPSA) is 88.8 Å². The highest BCUT2D eigenvalue weighted by Gasteiger charge is 2.48. The van der Waals surface area contributed by atoms with Crippen molar-refractivity contribution in [1.82, 2.24) is 4.90 Å². The van der Waals surface area contributed by atoms with Gasteiger partial charge in [-0.2, -0.15) is 0 Å². The third-order valence-corrected chi connectivity index (χ3v) is 5.26. The molecular weight excluding hydrogens is 336 g/mol. The summed E-state index contributed by atoms with van der Waals surface area (Å²) in [6.45, 7) is 0.826. The minimum atomic E-state index is -0.589. The zero-order valence-electron chi connectivity index (χ0n) is 14.3. The molecule has 1 N–H and O–H groups in total. The molecule has 0 saturated carbocycles. The lowest BCUT2D eigenvalue weighted by Crippen LogP contribution is -2.48. The van der Waals surface area contributed by atoms with Crippen LogP contribution in [0.5, 0.6) is 5.75 Å². The quantitative estimate of drug-likeness (QED) is 0.888. The molecule has 2 aromatic rings. The fraction of sp³-hybridized carbons (Fsp3) is 0.316. The molecule has 2 amide bonds. The van der Waals surface area contributed by atoms with Gasteiger partial charge in [0.25, 0.3) is 5.91 Å². The number of nitrogens with zero attached hydrogens (tertiary/aromatic N) is 1. The van der Waals surface area contributed by atoms with Crippen LogP contribution in [-0.4, -0.2) is 36.9 Å². The van der Waals surface area contributed by atoms with Crippen molar-refractivity contribution in [2.75, 3.05) is 25.5 Å². The summed E-state index contributed by atoms with van der Waals surface area (Å²) in [6.07, 6.45) is 2.20. The van der Waals surface area contributed by atoms with E-state index in [1.54, 1.807) is 4.90 Å². The number of benzene rings is 1. The molecule has 26 heavy (non-hydrogen) atoms. The molecule has 1 aromatic heterocycles. The lowest BCUT2D eigenvalue weighted by molar-refractivity contribution is -0.122. The molecule has 3 heterocycles. The van der Waals surface area contributed by atoms with E-state index in [9.17, 15) is 14.4 Å². The van der Waals surface area contributed by atoms with Gasteiger partial charge in [-0.05, 0) is 24.5 Å². The number of nitrogens with one attached hydrogen (secondary N) is 1. The van der Waals surface area contributed by atoms with Gasteiger partial charge < -0.3 is 19.4 Å². The highest BCUT2D eigenvalue weighted by Crippen LogP contribution is 2.44. The molecule has 1 saturated heterocycles. The molecule has 2 aliphatic rings.